The van der Waals surface area contributed by atoms with Crippen LogP contribution in [0.25, 0.3) is 0 Å². The largest absolute Gasteiger partial charge is 0.294 e. The third kappa shape index (κ3) is 4.26. The summed E-state index contributed by atoms with van der Waals surface area (Å²) in [6.45, 7) is 5.29. The first-order valence-electron chi connectivity index (χ1n) is 4.87. The van der Waals surface area contributed by atoms with Gasteiger partial charge in [-0.1, -0.05) is 45.2 Å². The van der Waals surface area contributed by atoms with Crippen molar-refractivity contribution in [2.75, 3.05) is 19.6 Å². The monoisotopic (exact) mass is 463 g/mol. The predicted octanol–water partition coefficient (Wildman–Crippen LogP) is 5.10. The Labute approximate surface area is 125 Å². The van der Waals surface area contributed by atoms with Crippen molar-refractivity contribution < 1.29 is 0 Å². The van der Waals surface area contributed by atoms with Crippen LogP contribution in [0.1, 0.15) is 19.8 Å². The molecule has 0 aromatic heterocycles. The minimum atomic E-state index is 0.963. The third-order valence-corrected chi connectivity index (χ3v) is 6.86. The van der Waals surface area contributed by atoms with Gasteiger partial charge >= 0.3 is 0 Å². The van der Waals surface area contributed by atoms with E-state index in [4.69, 9.17) is 0 Å². The second-order valence-corrected chi connectivity index (χ2v) is 7.00. The summed E-state index contributed by atoms with van der Waals surface area (Å²) in [6.07, 6.45) is 2.48. The fraction of sp³-hybridized carbons (Fsp3) is 0.600. The van der Waals surface area contributed by atoms with Gasteiger partial charge in [-0.15, -0.1) is 0 Å². The van der Waals surface area contributed by atoms with Crippen LogP contribution in [0.5, 0.6) is 0 Å². The molecular weight excluding hydrogens is 454 g/mol. The molecule has 1 aliphatic rings. The standard InChI is InChI=1S/C10H13Br4N/c1-2-3-4-15-5-7(11)9(13)10(14)8(12)6-15/h2-6H2,1H3. The lowest BCUT2D eigenvalue weighted by atomic mass is 10.3. The molecule has 0 radical (unpaired) electrons. The zero-order valence-electron chi connectivity index (χ0n) is 8.49. The maximum Gasteiger partial charge on any atom is 0.0440 e. The van der Waals surface area contributed by atoms with E-state index in [1.807, 2.05) is 0 Å². The summed E-state index contributed by atoms with van der Waals surface area (Å²) in [5.74, 6) is 0. The van der Waals surface area contributed by atoms with E-state index in [0.717, 1.165) is 28.6 Å². The van der Waals surface area contributed by atoms with E-state index in [1.54, 1.807) is 0 Å². The maximum absolute atomic E-state index is 3.61. The van der Waals surface area contributed by atoms with Gasteiger partial charge in [0.25, 0.3) is 0 Å². The molecule has 0 aromatic rings. The van der Waals surface area contributed by atoms with Gasteiger partial charge < -0.3 is 0 Å². The average Bonchev–Trinajstić information content (AvgIpc) is 2.30. The summed E-state index contributed by atoms with van der Waals surface area (Å²) in [5.41, 5.74) is 0. The number of rotatable bonds is 3. The Bertz CT molecular complexity index is 270. The number of allylic oxidation sites excluding steroid dienone is 2. The minimum Gasteiger partial charge on any atom is -0.294 e. The molecule has 0 bridgehead atoms. The Hall–Kier alpha value is 1.36. The molecule has 86 valence electrons. The van der Waals surface area contributed by atoms with Crippen molar-refractivity contribution in [3.63, 3.8) is 0 Å². The van der Waals surface area contributed by atoms with Crippen molar-refractivity contribution in [1.82, 2.24) is 4.90 Å². The van der Waals surface area contributed by atoms with E-state index in [0.29, 0.717) is 0 Å². The van der Waals surface area contributed by atoms with Crippen LogP contribution in [0, 0.1) is 0 Å². The smallest absolute Gasteiger partial charge is 0.0440 e. The van der Waals surface area contributed by atoms with Crippen LogP contribution in [0.3, 0.4) is 0 Å². The Morgan fingerprint density at radius 3 is 1.87 bits per heavy atom. The van der Waals surface area contributed by atoms with Crippen LogP contribution < -0.4 is 0 Å². The molecule has 0 N–H and O–H groups in total. The van der Waals surface area contributed by atoms with Gasteiger partial charge in [-0.25, -0.2) is 0 Å². The van der Waals surface area contributed by atoms with E-state index in [-0.39, 0.29) is 0 Å². The summed E-state index contributed by atoms with van der Waals surface area (Å²) in [6, 6.07) is 0. The van der Waals surface area contributed by atoms with Gasteiger partial charge in [0, 0.05) is 31.0 Å². The quantitative estimate of drug-likeness (QED) is 0.559. The summed E-state index contributed by atoms with van der Waals surface area (Å²) >= 11 is 14.4. The van der Waals surface area contributed by atoms with Gasteiger partial charge in [-0.2, -0.15) is 0 Å². The number of halogens is 4. The minimum absolute atomic E-state index is 0.963. The number of hydrogen-bond donors (Lipinski definition) is 0. The van der Waals surface area contributed by atoms with Crippen LogP contribution in [0.4, 0.5) is 0 Å². The van der Waals surface area contributed by atoms with Crippen molar-refractivity contribution in [2.45, 2.75) is 19.8 Å². The molecule has 1 rings (SSSR count). The van der Waals surface area contributed by atoms with Crippen molar-refractivity contribution in [3.8, 4) is 0 Å². The molecule has 0 fully saturated rings. The van der Waals surface area contributed by atoms with Gasteiger partial charge in [0.2, 0.25) is 0 Å². The molecule has 0 unspecified atom stereocenters. The Morgan fingerprint density at radius 2 is 1.47 bits per heavy atom. The van der Waals surface area contributed by atoms with Crippen LogP contribution in [-0.2, 0) is 0 Å². The topological polar surface area (TPSA) is 3.24 Å². The number of hydrogen-bond acceptors (Lipinski definition) is 1. The molecule has 1 heterocycles. The summed E-state index contributed by atoms with van der Waals surface area (Å²) < 4.78 is 4.60. The normalized spacial score (nSPS) is 19.8. The first-order chi connectivity index (χ1) is 7.06. The van der Waals surface area contributed by atoms with Gasteiger partial charge in [0.15, 0.2) is 0 Å². The zero-order chi connectivity index (χ0) is 11.4. The van der Waals surface area contributed by atoms with E-state index < -0.39 is 0 Å². The zero-order valence-corrected chi connectivity index (χ0v) is 14.8. The van der Waals surface area contributed by atoms with Crippen LogP contribution in [0.15, 0.2) is 17.9 Å². The van der Waals surface area contributed by atoms with Crippen molar-refractivity contribution in [1.29, 1.82) is 0 Å². The lowest BCUT2D eigenvalue weighted by molar-refractivity contribution is 0.327. The lowest BCUT2D eigenvalue weighted by Crippen LogP contribution is -2.26. The highest BCUT2D eigenvalue weighted by Crippen LogP contribution is 2.36. The molecule has 0 aromatic carbocycles. The summed E-state index contributed by atoms with van der Waals surface area (Å²) in [5, 5.41) is 0. The number of nitrogens with zero attached hydrogens (tertiary/aromatic N) is 1. The molecular formula is C10H13Br4N. The van der Waals surface area contributed by atoms with Crippen LogP contribution in [0.2, 0.25) is 0 Å². The summed E-state index contributed by atoms with van der Waals surface area (Å²) in [7, 11) is 0. The first kappa shape index (κ1) is 14.4. The fourth-order valence-corrected chi connectivity index (χ4v) is 3.73. The van der Waals surface area contributed by atoms with Gasteiger partial charge in [0.1, 0.15) is 0 Å². The maximum atomic E-state index is 3.61. The molecule has 1 nitrogen and oxygen atoms in total. The Kier molecular flexibility index (Phi) is 6.67. The average molecular weight is 467 g/mol. The lowest BCUT2D eigenvalue weighted by Gasteiger charge is -2.19. The molecule has 0 amide bonds. The second-order valence-electron chi connectivity index (χ2n) is 3.50. The predicted molar refractivity (Wildman–Crippen MR) is 81.1 cm³/mol. The van der Waals surface area contributed by atoms with E-state index in [9.17, 15) is 0 Å². The Balaban J connectivity index is 2.78. The highest BCUT2D eigenvalue weighted by Gasteiger charge is 2.18. The highest BCUT2D eigenvalue weighted by atomic mass is 79.9. The highest BCUT2D eigenvalue weighted by molar-refractivity contribution is 9.17. The fourth-order valence-electron chi connectivity index (χ4n) is 1.37. The molecule has 0 saturated heterocycles. The molecule has 0 saturated carbocycles. The summed E-state index contributed by atoms with van der Waals surface area (Å²) in [4.78, 5) is 2.42. The third-order valence-electron chi connectivity index (χ3n) is 2.22. The molecule has 15 heavy (non-hydrogen) atoms. The van der Waals surface area contributed by atoms with Gasteiger partial charge in [0.05, 0.1) is 0 Å². The van der Waals surface area contributed by atoms with Gasteiger partial charge in [-0.3, -0.25) is 4.90 Å². The number of unbranched alkanes of at least 4 members (excludes halogenated alkanes) is 1. The molecule has 0 atom stereocenters. The Morgan fingerprint density at radius 1 is 1.00 bits per heavy atom. The van der Waals surface area contributed by atoms with Crippen molar-refractivity contribution in [2.24, 2.45) is 0 Å². The second kappa shape index (κ2) is 6.94. The molecule has 1 aliphatic heterocycles. The van der Waals surface area contributed by atoms with Crippen LogP contribution >= 0.6 is 63.7 Å². The van der Waals surface area contributed by atoms with E-state index in [1.165, 1.54) is 21.8 Å². The van der Waals surface area contributed by atoms with Crippen molar-refractivity contribution in [3.05, 3.63) is 17.9 Å². The van der Waals surface area contributed by atoms with E-state index in [2.05, 4.69) is 75.5 Å². The SMILES string of the molecule is CCCCN1CC(Br)=C(Br)C(Br)=C(Br)C1. The molecule has 5 heteroatoms. The van der Waals surface area contributed by atoms with Gasteiger partial charge in [-0.05, 0) is 44.8 Å². The molecule has 0 aliphatic carbocycles. The van der Waals surface area contributed by atoms with E-state index >= 15 is 0 Å². The van der Waals surface area contributed by atoms with Crippen molar-refractivity contribution >= 4 is 63.7 Å². The molecule has 0 spiro atoms. The van der Waals surface area contributed by atoms with Crippen LogP contribution in [-0.4, -0.2) is 24.5 Å². The first-order valence-corrected chi connectivity index (χ1v) is 8.04.